The average molecular weight is 334 g/mol. The van der Waals surface area contributed by atoms with Gasteiger partial charge in [0.05, 0.1) is 5.75 Å². The van der Waals surface area contributed by atoms with Crippen LogP contribution in [-0.2, 0) is 12.8 Å². The number of rotatable bonds is 5. The first-order valence-corrected chi connectivity index (χ1v) is 8.82. The summed E-state index contributed by atoms with van der Waals surface area (Å²) in [7, 11) is 1.95. The molecule has 1 amide bonds. The number of hydrogen-bond acceptors (Lipinski definition) is 5. The zero-order chi connectivity index (χ0) is 16.2. The molecular formula is C16H22N4O2S. The van der Waals surface area contributed by atoms with Gasteiger partial charge in [0.2, 0.25) is 0 Å². The van der Waals surface area contributed by atoms with E-state index in [-0.39, 0.29) is 11.9 Å². The predicted molar refractivity (Wildman–Crippen MR) is 89.4 cm³/mol. The van der Waals surface area contributed by atoms with Crippen LogP contribution in [0.5, 0.6) is 0 Å². The summed E-state index contributed by atoms with van der Waals surface area (Å²) < 4.78 is 7.63. The van der Waals surface area contributed by atoms with Crippen LogP contribution >= 0.6 is 11.8 Å². The normalized spacial score (nSPS) is 21.3. The Morgan fingerprint density at radius 2 is 2.43 bits per heavy atom. The molecule has 2 unspecified atom stereocenters. The van der Waals surface area contributed by atoms with Gasteiger partial charge in [-0.15, -0.1) is 0 Å². The number of imidazole rings is 1. The van der Waals surface area contributed by atoms with Gasteiger partial charge in [-0.1, -0.05) is 18.7 Å². The average Bonchev–Trinajstić information content (AvgIpc) is 3.16. The lowest BCUT2D eigenvalue weighted by atomic mass is 9.95. The number of amides is 1. The van der Waals surface area contributed by atoms with E-state index in [1.807, 2.05) is 23.9 Å². The number of aromatic nitrogens is 2. The van der Waals surface area contributed by atoms with Gasteiger partial charge in [0.1, 0.15) is 5.76 Å². The van der Waals surface area contributed by atoms with Crippen molar-refractivity contribution in [3.63, 3.8) is 0 Å². The van der Waals surface area contributed by atoms with Crippen molar-refractivity contribution < 1.29 is 9.21 Å². The van der Waals surface area contributed by atoms with Crippen LogP contribution in [0.2, 0.25) is 0 Å². The SMILES string of the molecule is CC1CCNCC1NC(=O)c1ccc(CSc2nccn2C)o1. The van der Waals surface area contributed by atoms with E-state index < -0.39 is 0 Å². The molecule has 1 aliphatic rings. The van der Waals surface area contributed by atoms with E-state index in [1.165, 1.54) is 0 Å². The molecule has 1 saturated heterocycles. The molecule has 7 heteroatoms. The van der Waals surface area contributed by atoms with Crippen LogP contribution in [-0.4, -0.2) is 34.6 Å². The molecule has 0 aromatic carbocycles. The number of hydrogen-bond donors (Lipinski definition) is 2. The van der Waals surface area contributed by atoms with Crippen molar-refractivity contribution in [2.24, 2.45) is 13.0 Å². The highest BCUT2D eigenvalue weighted by Crippen LogP contribution is 2.22. The molecule has 1 aliphatic heterocycles. The van der Waals surface area contributed by atoms with E-state index in [2.05, 4.69) is 22.5 Å². The summed E-state index contributed by atoms with van der Waals surface area (Å²) in [6.07, 6.45) is 4.75. The van der Waals surface area contributed by atoms with Crippen molar-refractivity contribution in [3.05, 3.63) is 36.0 Å². The fraction of sp³-hybridized carbons (Fsp3) is 0.500. The molecule has 0 aliphatic carbocycles. The fourth-order valence-electron chi connectivity index (χ4n) is 2.63. The Morgan fingerprint density at radius 3 is 3.17 bits per heavy atom. The van der Waals surface area contributed by atoms with Crippen molar-refractivity contribution in [1.29, 1.82) is 0 Å². The quantitative estimate of drug-likeness (QED) is 0.819. The summed E-state index contributed by atoms with van der Waals surface area (Å²) in [5.41, 5.74) is 0. The highest BCUT2D eigenvalue weighted by molar-refractivity contribution is 7.98. The zero-order valence-electron chi connectivity index (χ0n) is 13.4. The van der Waals surface area contributed by atoms with Crippen molar-refractivity contribution in [1.82, 2.24) is 20.2 Å². The van der Waals surface area contributed by atoms with Gasteiger partial charge in [0.15, 0.2) is 10.9 Å². The molecule has 2 atom stereocenters. The van der Waals surface area contributed by atoms with Gasteiger partial charge < -0.3 is 19.6 Å². The maximum atomic E-state index is 12.3. The van der Waals surface area contributed by atoms with Crippen LogP contribution in [0.15, 0.2) is 34.1 Å². The third-order valence-electron chi connectivity index (χ3n) is 4.15. The maximum absolute atomic E-state index is 12.3. The molecule has 0 bridgehead atoms. The van der Waals surface area contributed by atoms with Crippen LogP contribution in [0.25, 0.3) is 0 Å². The number of nitrogens with zero attached hydrogens (tertiary/aromatic N) is 2. The monoisotopic (exact) mass is 334 g/mol. The van der Waals surface area contributed by atoms with Gasteiger partial charge in [0.25, 0.3) is 5.91 Å². The number of aryl methyl sites for hydroxylation is 1. The minimum Gasteiger partial charge on any atom is -0.455 e. The zero-order valence-corrected chi connectivity index (χ0v) is 14.2. The van der Waals surface area contributed by atoms with Gasteiger partial charge in [-0.3, -0.25) is 4.79 Å². The second kappa shape index (κ2) is 7.23. The molecule has 2 N–H and O–H groups in total. The summed E-state index contributed by atoms with van der Waals surface area (Å²) in [4.78, 5) is 16.6. The number of carbonyl (C=O) groups excluding carboxylic acids is 1. The first kappa shape index (κ1) is 16.1. The molecular weight excluding hydrogens is 312 g/mol. The summed E-state index contributed by atoms with van der Waals surface area (Å²) in [5, 5.41) is 7.29. The lowest BCUT2D eigenvalue weighted by molar-refractivity contribution is 0.0885. The van der Waals surface area contributed by atoms with Crippen molar-refractivity contribution in [2.75, 3.05) is 13.1 Å². The van der Waals surface area contributed by atoms with E-state index in [4.69, 9.17) is 4.42 Å². The Bertz CT molecular complexity index is 667. The number of piperidine rings is 1. The van der Waals surface area contributed by atoms with Crippen LogP contribution in [0.3, 0.4) is 0 Å². The Morgan fingerprint density at radius 1 is 1.57 bits per heavy atom. The second-order valence-electron chi connectivity index (χ2n) is 5.93. The van der Waals surface area contributed by atoms with Gasteiger partial charge in [-0.2, -0.15) is 0 Å². The van der Waals surface area contributed by atoms with Crippen LogP contribution < -0.4 is 10.6 Å². The van der Waals surface area contributed by atoms with Gasteiger partial charge in [-0.25, -0.2) is 4.98 Å². The molecule has 0 saturated carbocycles. The number of thioether (sulfide) groups is 1. The third-order valence-corrected chi connectivity index (χ3v) is 5.23. The molecule has 124 valence electrons. The first-order valence-electron chi connectivity index (χ1n) is 7.84. The first-order chi connectivity index (χ1) is 11.1. The van der Waals surface area contributed by atoms with Gasteiger partial charge >= 0.3 is 0 Å². The van der Waals surface area contributed by atoms with Crippen LogP contribution in [0, 0.1) is 5.92 Å². The minimum absolute atomic E-state index is 0.140. The fourth-order valence-corrected chi connectivity index (χ4v) is 3.45. The maximum Gasteiger partial charge on any atom is 0.287 e. The molecule has 0 radical (unpaired) electrons. The van der Waals surface area contributed by atoms with E-state index in [0.717, 1.165) is 30.4 Å². The lowest BCUT2D eigenvalue weighted by Crippen LogP contribution is -2.50. The summed E-state index contributed by atoms with van der Waals surface area (Å²) in [6, 6.07) is 3.75. The molecule has 1 fully saturated rings. The van der Waals surface area contributed by atoms with Crippen LogP contribution in [0.1, 0.15) is 29.7 Å². The predicted octanol–water partition coefficient (Wildman–Crippen LogP) is 2.03. The molecule has 3 rings (SSSR count). The Kier molecular flexibility index (Phi) is 5.07. The lowest BCUT2D eigenvalue weighted by Gasteiger charge is -2.29. The molecule has 0 spiro atoms. The summed E-state index contributed by atoms with van der Waals surface area (Å²) >= 11 is 1.58. The highest BCUT2D eigenvalue weighted by Gasteiger charge is 2.24. The van der Waals surface area contributed by atoms with Crippen LogP contribution in [0.4, 0.5) is 0 Å². The van der Waals surface area contributed by atoms with Crippen molar-refractivity contribution >= 4 is 17.7 Å². The summed E-state index contributed by atoms with van der Waals surface area (Å²) in [6.45, 7) is 4.00. The molecule has 3 heterocycles. The van der Waals surface area contributed by atoms with E-state index in [1.54, 1.807) is 24.0 Å². The van der Waals surface area contributed by atoms with Crippen molar-refractivity contribution in [2.45, 2.75) is 30.3 Å². The third kappa shape index (κ3) is 3.97. The number of carbonyl (C=O) groups is 1. The standard InChI is InChI=1S/C16H22N4O2S/c1-11-5-6-17-9-13(11)19-15(21)14-4-3-12(22-14)10-23-16-18-7-8-20(16)2/h3-4,7-8,11,13,17H,5-6,9-10H2,1-2H3,(H,19,21). The van der Waals surface area contributed by atoms with Crippen molar-refractivity contribution in [3.8, 4) is 0 Å². The molecule has 2 aromatic heterocycles. The Hall–Kier alpha value is -1.73. The van der Waals surface area contributed by atoms with E-state index in [9.17, 15) is 4.79 Å². The molecule has 2 aromatic rings. The van der Waals surface area contributed by atoms with Gasteiger partial charge in [-0.05, 0) is 31.0 Å². The number of nitrogens with one attached hydrogen (secondary N) is 2. The smallest absolute Gasteiger partial charge is 0.287 e. The number of furan rings is 1. The van der Waals surface area contributed by atoms with E-state index in [0.29, 0.717) is 17.4 Å². The molecule has 6 nitrogen and oxygen atoms in total. The van der Waals surface area contributed by atoms with E-state index >= 15 is 0 Å². The Labute approximate surface area is 140 Å². The topological polar surface area (TPSA) is 72.1 Å². The highest BCUT2D eigenvalue weighted by atomic mass is 32.2. The second-order valence-corrected chi connectivity index (χ2v) is 6.87. The largest absolute Gasteiger partial charge is 0.455 e. The molecule has 23 heavy (non-hydrogen) atoms. The van der Waals surface area contributed by atoms with Gasteiger partial charge in [0, 0.05) is 32.0 Å². The Balaban J connectivity index is 1.55. The minimum atomic E-state index is -0.140. The summed E-state index contributed by atoms with van der Waals surface area (Å²) in [5.74, 6) is 2.14.